The topological polar surface area (TPSA) is 67.4 Å². The second-order valence-electron chi connectivity index (χ2n) is 4.29. The van der Waals surface area contributed by atoms with E-state index in [1.165, 1.54) is 13.2 Å². The molecular weight excluding hydrogens is 264 g/mol. The molecule has 0 saturated carbocycles. The van der Waals surface area contributed by atoms with Crippen LogP contribution in [0.3, 0.4) is 0 Å². The van der Waals surface area contributed by atoms with Crippen LogP contribution in [-0.2, 0) is 10.0 Å². The largest absolute Gasteiger partial charge is 0.495 e. The van der Waals surface area contributed by atoms with Crippen molar-refractivity contribution in [3.05, 3.63) is 35.9 Å². The van der Waals surface area contributed by atoms with Gasteiger partial charge in [-0.3, -0.25) is 0 Å². The summed E-state index contributed by atoms with van der Waals surface area (Å²) in [6, 6.07) is 6.60. The molecule has 0 bridgehead atoms. The quantitative estimate of drug-likeness (QED) is 0.787. The zero-order valence-electron chi connectivity index (χ0n) is 10.8. The summed E-state index contributed by atoms with van der Waals surface area (Å²) in [5.74, 6) is 0.356. The molecule has 0 unspecified atom stereocenters. The SMILES string of the molecule is COc1ccccc1S(=O)(=O)NCC1=CCNCC1. The molecule has 1 heterocycles. The Labute approximate surface area is 113 Å². The maximum absolute atomic E-state index is 12.2. The van der Waals surface area contributed by atoms with E-state index in [-0.39, 0.29) is 4.90 Å². The smallest absolute Gasteiger partial charge is 0.244 e. The first-order valence-electron chi connectivity index (χ1n) is 6.15. The normalized spacial score (nSPS) is 15.9. The third-order valence-electron chi connectivity index (χ3n) is 3.01. The molecule has 5 nitrogen and oxygen atoms in total. The van der Waals surface area contributed by atoms with Gasteiger partial charge in [0.05, 0.1) is 7.11 Å². The van der Waals surface area contributed by atoms with Crippen LogP contribution in [-0.4, -0.2) is 35.2 Å². The third kappa shape index (κ3) is 3.56. The van der Waals surface area contributed by atoms with Gasteiger partial charge in [-0.05, 0) is 25.1 Å². The number of sulfonamides is 1. The Kier molecular flexibility index (Phi) is 4.57. The summed E-state index contributed by atoms with van der Waals surface area (Å²) < 4.78 is 32.1. The summed E-state index contributed by atoms with van der Waals surface area (Å²) >= 11 is 0. The van der Waals surface area contributed by atoms with E-state index in [1.807, 2.05) is 6.08 Å². The van der Waals surface area contributed by atoms with Crippen molar-refractivity contribution in [2.75, 3.05) is 26.7 Å². The lowest BCUT2D eigenvalue weighted by atomic mass is 10.1. The van der Waals surface area contributed by atoms with Crippen LogP contribution in [0.4, 0.5) is 0 Å². The highest BCUT2D eigenvalue weighted by molar-refractivity contribution is 7.89. The number of hydrogen-bond donors (Lipinski definition) is 2. The molecular formula is C13H18N2O3S. The van der Waals surface area contributed by atoms with Gasteiger partial charge >= 0.3 is 0 Å². The predicted octanol–water partition coefficient (Wildman–Crippen LogP) is 0.893. The van der Waals surface area contributed by atoms with E-state index < -0.39 is 10.0 Å². The van der Waals surface area contributed by atoms with Gasteiger partial charge in [0.25, 0.3) is 0 Å². The van der Waals surface area contributed by atoms with Gasteiger partial charge in [-0.1, -0.05) is 23.8 Å². The Bertz CT molecular complexity index is 567. The Balaban J connectivity index is 2.11. The lowest BCUT2D eigenvalue weighted by Gasteiger charge is -2.15. The molecule has 0 spiro atoms. The van der Waals surface area contributed by atoms with Crippen molar-refractivity contribution in [2.24, 2.45) is 0 Å². The monoisotopic (exact) mass is 282 g/mol. The van der Waals surface area contributed by atoms with E-state index >= 15 is 0 Å². The predicted molar refractivity (Wildman–Crippen MR) is 73.8 cm³/mol. The molecule has 0 aromatic heterocycles. The van der Waals surface area contributed by atoms with E-state index in [9.17, 15) is 8.42 Å². The molecule has 0 fully saturated rings. The minimum absolute atomic E-state index is 0.173. The number of rotatable bonds is 5. The molecule has 6 heteroatoms. The number of ether oxygens (including phenoxy) is 1. The fraction of sp³-hybridized carbons (Fsp3) is 0.385. The van der Waals surface area contributed by atoms with Crippen LogP contribution in [0.1, 0.15) is 6.42 Å². The summed E-state index contributed by atoms with van der Waals surface area (Å²) in [7, 11) is -2.08. The van der Waals surface area contributed by atoms with Crippen LogP contribution < -0.4 is 14.8 Å². The van der Waals surface area contributed by atoms with E-state index in [4.69, 9.17) is 4.74 Å². The fourth-order valence-electron chi connectivity index (χ4n) is 1.94. The van der Waals surface area contributed by atoms with Crippen LogP contribution in [0.2, 0.25) is 0 Å². The van der Waals surface area contributed by atoms with Gasteiger partial charge in [-0.15, -0.1) is 0 Å². The van der Waals surface area contributed by atoms with Crippen LogP contribution in [0.15, 0.2) is 40.8 Å². The number of nitrogens with one attached hydrogen (secondary N) is 2. The molecule has 104 valence electrons. The summed E-state index contributed by atoms with van der Waals surface area (Å²) in [6.45, 7) is 2.04. The van der Waals surface area contributed by atoms with E-state index in [1.54, 1.807) is 18.2 Å². The summed E-state index contributed by atoms with van der Waals surface area (Å²) in [5, 5.41) is 3.19. The molecule has 1 aromatic carbocycles. The van der Waals surface area contributed by atoms with Crippen molar-refractivity contribution < 1.29 is 13.2 Å². The molecule has 1 aliphatic rings. The standard InChI is InChI=1S/C13H18N2O3S/c1-18-12-4-2-3-5-13(12)19(16,17)15-10-11-6-8-14-9-7-11/h2-6,14-15H,7-10H2,1H3. The van der Waals surface area contributed by atoms with Crippen LogP contribution in [0, 0.1) is 0 Å². The molecule has 2 rings (SSSR count). The van der Waals surface area contributed by atoms with E-state index in [0.717, 1.165) is 25.1 Å². The number of methoxy groups -OCH3 is 1. The van der Waals surface area contributed by atoms with E-state index in [2.05, 4.69) is 10.0 Å². The van der Waals surface area contributed by atoms with Gasteiger partial charge in [0.1, 0.15) is 10.6 Å². The molecule has 0 amide bonds. The summed E-state index contributed by atoms with van der Waals surface area (Å²) in [5.41, 5.74) is 1.11. The van der Waals surface area contributed by atoms with Crippen LogP contribution in [0.25, 0.3) is 0 Å². The average Bonchev–Trinajstić information content (AvgIpc) is 2.46. The Morgan fingerprint density at radius 3 is 2.84 bits per heavy atom. The molecule has 1 aliphatic heterocycles. The Morgan fingerprint density at radius 1 is 1.37 bits per heavy atom. The first-order valence-corrected chi connectivity index (χ1v) is 7.63. The molecule has 0 aliphatic carbocycles. The molecule has 0 atom stereocenters. The van der Waals surface area contributed by atoms with Gasteiger partial charge in [0.15, 0.2) is 0 Å². The minimum Gasteiger partial charge on any atom is -0.495 e. The van der Waals surface area contributed by atoms with Crippen LogP contribution >= 0.6 is 0 Å². The highest BCUT2D eigenvalue weighted by Gasteiger charge is 2.19. The number of para-hydroxylation sites is 1. The molecule has 0 saturated heterocycles. The molecule has 2 N–H and O–H groups in total. The van der Waals surface area contributed by atoms with Crippen molar-refractivity contribution in [3.63, 3.8) is 0 Å². The number of hydrogen-bond acceptors (Lipinski definition) is 4. The first kappa shape index (κ1) is 14.0. The summed E-state index contributed by atoms with van der Waals surface area (Å²) in [6.07, 6.45) is 2.89. The van der Waals surface area contributed by atoms with Crippen molar-refractivity contribution in [2.45, 2.75) is 11.3 Å². The average molecular weight is 282 g/mol. The van der Waals surface area contributed by atoms with Crippen molar-refractivity contribution in [3.8, 4) is 5.75 Å². The zero-order chi connectivity index (χ0) is 13.7. The van der Waals surface area contributed by atoms with Gasteiger partial charge in [0, 0.05) is 13.1 Å². The first-order chi connectivity index (χ1) is 9.13. The van der Waals surface area contributed by atoms with Crippen molar-refractivity contribution in [1.82, 2.24) is 10.0 Å². The molecule has 1 aromatic rings. The highest BCUT2D eigenvalue weighted by atomic mass is 32.2. The Hall–Kier alpha value is -1.37. The van der Waals surface area contributed by atoms with Gasteiger partial charge in [-0.2, -0.15) is 0 Å². The zero-order valence-corrected chi connectivity index (χ0v) is 11.7. The maximum atomic E-state index is 12.2. The Morgan fingerprint density at radius 2 is 2.16 bits per heavy atom. The lowest BCUT2D eigenvalue weighted by Crippen LogP contribution is -2.29. The van der Waals surface area contributed by atoms with E-state index in [0.29, 0.717) is 12.3 Å². The second kappa shape index (κ2) is 6.18. The summed E-state index contributed by atoms with van der Waals surface area (Å²) in [4.78, 5) is 0.173. The maximum Gasteiger partial charge on any atom is 0.244 e. The van der Waals surface area contributed by atoms with Crippen molar-refractivity contribution in [1.29, 1.82) is 0 Å². The number of benzene rings is 1. The van der Waals surface area contributed by atoms with Crippen LogP contribution in [0.5, 0.6) is 5.75 Å². The lowest BCUT2D eigenvalue weighted by molar-refractivity contribution is 0.402. The fourth-order valence-corrected chi connectivity index (χ4v) is 3.14. The highest BCUT2D eigenvalue weighted by Crippen LogP contribution is 2.22. The second-order valence-corrected chi connectivity index (χ2v) is 6.03. The van der Waals surface area contributed by atoms with Gasteiger partial charge in [-0.25, -0.2) is 13.1 Å². The van der Waals surface area contributed by atoms with Gasteiger partial charge < -0.3 is 10.1 Å². The minimum atomic E-state index is -3.54. The molecule has 19 heavy (non-hydrogen) atoms. The third-order valence-corrected chi connectivity index (χ3v) is 4.45. The van der Waals surface area contributed by atoms with Gasteiger partial charge in [0.2, 0.25) is 10.0 Å². The van der Waals surface area contributed by atoms with Crippen molar-refractivity contribution >= 4 is 10.0 Å². The molecule has 0 radical (unpaired) electrons.